The molecule has 4 nitrogen and oxygen atoms in total. The Morgan fingerprint density at radius 3 is 2.07 bits per heavy atom. The minimum atomic E-state index is -0.0281. The van der Waals surface area contributed by atoms with E-state index in [1.54, 1.807) is 0 Å². The Labute approximate surface area is 187 Å². The number of halogens is 2. The van der Waals surface area contributed by atoms with Crippen molar-refractivity contribution in [3.05, 3.63) is 86.3 Å². The second kappa shape index (κ2) is 10.7. The van der Waals surface area contributed by atoms with E-state index in [1.165, 1.54) is 0 Å². The van der Waals surface area contributed by atoms with Gasteiger partial charge in [0, 0.05) is 0 Å². The summed E-state index contributed by atoms with van der Waals surface area (Å²) in [5.41, 5.74) is 2.86. The first kappa shape index (κ1) is 21.7. The van der Waals surface area contributed by atoms with Crippen LogP contribution >= 0.6 is 31.9 Å². The molecule has 3 aromatic carbocycles. The van der Waals surface area contributed by atoms with Gasteiger partial charge in [-0.3, -0.25) is 0 Å². The normalized spacial score (nSPS) is 10.6. The van der Waals surface area contributed by atoms with Crippen molar-refractivity contribution in [1.29, 1.82) is 0 Å². The van der Waals surface area contributed by atoms with E-state index in [9.17, 15) is 5.11 Å². The quantitative estimate of drug-likeness (QED) is 0.361. The molecule has 0 heterocycles. The Morgan fingerprint density at radius 2 is 1.41 bits per heavy atom. The van der Waals surface area contributed by atoms with E-state index >= 15 is 0 Å². The summed E-state index contributed by atoms with van der Waals surface area (Å²) in [7, 11) is 0. The van der Waals surface area contributed by atoms with Gasteiger partial charge in [0.05, 0.1) is 22.2 Å². The average molecular weight is 522 g/mol. The molecule has 0 aliphatic heterocycles. The molecule has 0 radical (unpaired) electrons. The van der Waals surface area contributed by atoms with Crippen LogP contribution < -0.4 is 14.2 Å². The zero-order valence-electron chi connectivity index (χ0n) is 16.0. The van der Waals surface area contributed by atoms with E-state index in [2.05, 4.69) is 31.9 Å². The van der Waals surface area contributed by atoms with Crippen molar-refractivity contribution in [1.82, 2.24) is 0 Å². The SMILES string of the molecule is CCOc1cc(COc2c(Br)cc(CO)cc2Br)ccc1OCc1ccccc1. The van der Waals surface area contributed by atoms with E-state index in [1.807, 2.05) is 67.6 Å². The molecule has 0 aromatic heterocycles. The fourth-order valence-electron chi connectivity index (χ4n) is 2.76. The lowest BCUT2D eigenvalue weighted by atomic mass is 10.2. The lowest BCUT2D eigenvalue weighted by Crippen LogP contribution is -2.02. The monoisotopic (exact) mass is 520 g/mol. The van der Waals surface area contributed by atoms with Crippen molar-refractivity contribution < 1.29 is 19.3 Å². The Bertz CT molecular complexity index is 922. The topological polar surface area (TPSA) is 47.9 Å². The van der Waals surface area contributed by atoms with Gasteiger partial charge in [-0.05, 0) is 79.7 Å². The molecule has 0 saturated carbocycles. The molecule has 3 rings (SSSR count). The summed E-state index contributed by atoms with van der Waals surface area (Å²) in [6.45, 7) is 3.31. The maximum absolute atomic E-state index is 9.30. The average Bonchev–Trinajstić information content (AvgIpc) is 2.73. The van der Waals surface area contributed by atoms with Crippen LogP contribution in [0.25, 0.3) is 0 Å². The van der Waals surface area contributed by atoms with Gasteiger partial charge in [-0.2, -0.15) is 0 Å². The largest absolute Gasteiger partial charge is 0.490 e. The molecule has 0 aliphatic rings. The van der Waals surface area contributed by atoms with Gasteiger partial charge in [0.2, 0.25) is 0 Å². The standard InChI is InChI=1S/C23H22Br2O4/c1-2-27-22-12-17(8-9-21(22)28-14-16-6-4-3-5-7-16)15-29-23-19(24)10-18(13-26)11-20(23)25/h3-12,26H,2,13-15H2,1H3. The molecule has 0 unspecified atom stereocenters. The Balaban J connectivity index is 1.71. The number of aliphatic hydroxyl groups is 1. The summed E-state index contributed by atoms with van der Waals surface area (Å²) in [6.07, 6.45) is 0. The number of aliphatic hydroxyl groups excluding tert-OH is 1. The number of rotatable bonds is 9. The predicted octanol–water partition coefficient (Wildman–Crippen LogP) is 6.26. The summed E-state index contributed by atoms with van der Waals surface area (Å²) in [4.78, 5) is 0. The number of benzene rings is 3. The third kappa shape index (κ3) is 5.98. The van der Waals surface area contributed by atoms with Crippen LogP contribution in [0.5, 0.6) is 17.2 Å². The molecule has 0 aliphatic carbocycles. The maximum Gasteiger partial charge on any atom is 0.161 e. The van der Waals surface area contributed by atoms with Crippen LogP contribution in [0.2, 0.25) is 0 Å². The highest BCUT2D eigenvalue weighted by Gasteiger charge is 2.11. The number of ether oxygens (including phenoxy) is 3. The van der Waals surface area contributed by atoms with E-state index in [-0.39, 0.29) is 6.61 Å². The van der Waals surface area contributed by atoms with Crippen LogP contribution in [0.4, 0.5) is 0 Å². The van der Waals surface area contributed by atoms with Crippen molar-refractivity contribution in [3.8, 4) is 17.2 Å². The minimum Gasteiger partial charge on any atom is -0.490 e. The Hall–Kier alpha value is -2.02. The van der Waals surface area contributed by atoms with Crippen LogP contribution in [-0.4, -0.2) is 11.7 Å². The number of hydrogen-bond donors (Lipinski definition) is 1. The van der Waals surface area contributed by atoms with Gasteiger partial charge in [0.1, 0.15) is 19.0 Å². The number of hydrogen-bond acceptors (Lipinski definition) is 4. The van der Waals surface area contributed by atoms with Crippen molar-refractivity contribution in [2.45, 2.75) is 26.7 Å². The molecular weight excluding hydrogens is 500 g/mol. The van der Waals surface area contributed by atoms with Crippen LogP contribution in [0.15, 0.2) is 69.6 Å². The van der Waals surface area contributed by atoms with Gasteiger partial charge in [0.15, 0.2) is 11.5 Å². The fraction of sp³-hybridized carbons (Fsp3) is 0.217. The Kier molecular flexibility index (Phi) is 7.98. The third-order valence-electron chi connectivity index (χ3n) is 4.17. The fourth-order valence-corrected chi connectivity index (χ4v) is 4.27. The summed E-state index contributed by atoms with van der Waals surface area (Å²) in [5.74, 6) is 2.08. The summed E-state index contributed by atoms with van der Waals surface area (Å²) in [6, 6.07) is 19.5. The molecule has 0 fully saturated rings. The molecule has 1 N–H and O–H groups in total. The molecule has 3 aromatic rings. The first-order valence-electron chi connectivity index (χ1n) is 9.24. The predicted molar refractivity (Wildman–Crippen MR) is 120 cm³/mol. The molecule has 6 heteroatoms. The smallest absolute Gasteiger partial charge is 0.161 e. The van der Waals surface area contributed by atoms with Crippen LogP contribution in [-0.2, 0) is 19.8 Å². The second-order valence-corrected chi connectivity index (χ2v) is 8.03. The molecule has 0 bridgehead atoms. The van der Waals surface area contributed by atoms with Gasteiger partial charge >= 0.3 is 0 Å². The van der Waals surface area contributed by atoms with E-state index in [4.69, 9.17) is 14.2 Å². The van der Waals surface area contributed by atoms with Gasteiger partial charge < -0.3 is 19.3 Å². The molecule has 0 saturated heterocycles. The molecule has 0 amide bonds. The third-order valence-corrected chi connectivity index (χ3v) is 5.35. The van der Waals surface area contributed by atoms with Crippen LogP contribution in [0, 0.1) is 0 Å². The lowest BCUT2D eigenvalue weighted by molar-refractivity contribution is 0.266. The Morgan fingerprint density at radius 1 is 0.724 bits per heavy atom. The molecular formula is C23H22Br2O4. The van der Waals surface area contributed by atoms with Crippen molar-refractivity contribution >= 4 is 31.9 Å². The van der Waals surface area contributed by atoms with E-state index < -0.39 is 0 Å². The van der Waals surface area contributed by atoms with Gasteiger partial charge in [-0.25, -0.2) is 0 Å². The van der Waals surface area contributed by atoms with Gasteiger partial charge in [-0.15, -0.1) is 0 Å². The zero-order valence-corrected chi connectivity index (χ0v) is 19.2. The molecule has 0 spiro atoms. The van der Waals surface area contributed by atoms with Gasteiger partial charge in [-0.1, -0.05) is 36.4 Å². The molecule has 29 heavy (non-hydrogen) atoms. The second-order valence-electron chi connectivity index (χ2n) is 6.32. The highest BCUT2D eigenvalue weighted by Crippen LogP contribution is 2.36. The molecule has 0 atom stereocenters. The molecule has 152 valence electrons. The van der Waals surface area contributed by atoms with Crippen LogP contribution in [0.3, 0.4) is 0 Å². The summed E-state index contributed by atoms with van der Waals surface area (Å²) in [5, 5.41) is 9.30. The van der Waals surface area contributed by atoms with Crippen molar-refractivity contribution in [3.63, 3.8) is 0 Å². The first-order valence-corrected chi connectivity index (χ1v) is 10.8. The van der Waals surface area contributed by atoms with E-state index in [0.29, 0.717) is 37.1 Å². The lowest BCUT2D eigenvalue weighted by Gasteiger charge is -2.15. The highest BCUT2D eigenvalue weighted by atomic mass is 79.9. The summed E-state index contributed by atoms with van der Waals surface area (Å²) >= 11 is 6.99. The van der Waals surface area contributed by atoms with Crippen molar-refractivity contribution in [2.24, 2.45) is 0 Å². The highest BCUT2D eigenvalue weighted by molar-refractivity contribution is 9.11. The maximum atomic E-state index is 9.30. The minimum absolute atomic E-state index is 0.0281. The summed E-state index contributed by atoms with van der Waals surface area (Å²) < 4.78 is 19.3. The first-order chi connectivity index (χ1) is 14.1. The van der Waals surface area contributed by atoms with Crippen molar-refractivity contribution in [2.75, 3.05) is 6.61 Å². The zero-order chi connectivity index (χ0) is 20.6. The van der Waals surface area contributed by atoms with Gasteiger partial charge in [0.25, 0.3) is 0 Å². The van der Waals surface area contributed by atoms with Crippen LogP contribution in [0.1, 0.15) is 23.6 Å². The van der Waals surface area contributed by atoms with E-state index in [0.717, 1.165) is 25.6 Å².